The fourth-order valence-corrected chi connectivity index (χ4v) is 2.62. The third-order valence-electron chi connectivity index (χ3n) is 4.10. The predicted molar refractivity (Wildman–Crippen MR) is 87.6 cm³/mol. The third-order valence-corrected chi connectivity index (χ3v) is 4.10. The number of hydrogen-bond donors (Lipinski definition) is 1. The van der Waals surface area contributed by atoms with E-state index in [1.54, 1.807) is 18.9 Å². The number of nitrogens with zero attached hydrogens (tertiary/aromatic N) is 2. The highest BCUT2D eigenvalue weighted by atomic mass is 16.2. The number of carbonyl (C=O) groups is 2. The SMILES string of the molecule is CC(=O)N(C)Cc1ccccc1NC(=O)N1CCCCCC1. The van der Waals surface area contributed by atoms with Gasteiger partial charge in [-0.25, -0.2) is 4.79 Å². The predicted octanol–water partition coefficient (Wildman–Crippen LogP) is 3.07. The van der Waals surface area contributed by atoms with Gasteiger partial charge in [0.2, 0.25) is 5.91 Å². The van der Waals surface area contributed by atoms with Crippen LogP contribution in [0.1, 0.15) is 38.2 Å². The summed E-state index contributed by atoms with van der Waals surface area (Å²) in [5, 5.41) is 3.00. The van der Waals surface area contributed by atoms with Crippen LogP contribution in [0.2, 0.25) is 0 Å². The van der Waals surface area contributed by atoms with Gasteiger partial charge in [-0.1, -0.05) is 31.0 Å². The fourth-order valence-electron chi connectivity index (χ4n) is 2.62. The smallest absolute Gasteiger partial charge is 0.321 e. The van der Waals surface area contributed by atoms with Gasteiger partial charge in [0.25, 0.3) is 0 Å². The van der Waals surface area contributed by atoms with Crippen LogP contribution in [-0.2, 0) is 11.3 Å². The second-order valence-corrected chi connectivity index (χ2v) is 5.86. The number of rotatable bonds is 3. The largest absolute Gasteiger partial charge is 0.342 e. The maximum Gasteiger partial charge on any atom is 0.321 e. The zero-order valence-electron chi connectivity index (χ0n) is 13.5. The first kappa shape index (κ1) is 16.3. The van der Waals surface area contributed by atoms with Crippen LogP contribution in [0.3, 0.4) is 0 Å². The van der Waals surface area contributed by atoms with E-state index >= 15 is 0 Å². The number of likely N-dealkylation sites (tertiary alicyclic amines) is 1. The molecule has 0 atom stereocenters. The van der Waals surface area contributed by atoms with Crippen LogP contribution in [0, 0.1) is 0 Å². The number of nitrogens with one attached hydrogen (secondary N) is 1. The van der Waals surface area contributed by atoms with E-state index < -0.39 is 0 Å². The Bertz CT molecular complexity index is 522. The van der Waals surface area contributed by atoms with Crippen LogP contribution in [-0.4, -0.2) is 41.9 Å². The normalized spacial score (nSPS) is 15.1. The molecule has 1 aromatic carbocycles. The minimum Gasteiger partial charge on any atom is -0.342 e. The number of hydrogen-bond acceptors (Lipinski definition) is 2. The molecule has 1 aromatic rings. The number of amides is 3. The zero-order chi connectivity index (χ0) is 15.9. The van der Waals surface area contributed by atoms with Gasteiger partial charge in [0.1, 0.15) is 0 Å². The Morgan fingerprint density at radius 3 is 2.41 bits per heavy atom. The van der Waals surface area contributed by atoms with Gasteiger partial charge in [-0.2, -0.15) is 0 Å². The summed E-state index contributed by atoms with van der Waals surface area (Å²) in [4.78, 5) is 27.3. The van der Waals surface area contributed by atoms with Gasteiger partial charge in [-0.3, -0.25) is 4.79 Å². The Morgan fingerprint density at radius 2 is 1.77 bits per heavy atom. The second-order valence-electron chi connectivity index (χ2n) is 5.86. The van der Waals surface area contributed by atoms with Crippen molar-refractivity contribution < 1.29 is 9.59 Å². The minimum atomic E-state index is -0.0418. The molecular weight excluding hydrogens is 278 g/mol. The molecule has 3 amide bonds. The molecular formula is C17H25N3O2. The lowest BCUT2D eigenvalue weighted by Crippen LogP contribution is -2.36. The quantitative estimate of drug-likeness (QED) is 0.933. The van der Waals surface area contributed by atoms with Crippen molar-refractivity contribution in [2.24, 2.45) is 0 Å². The molecule has 0 aromatic heterocycles. The molecule has 0 unspecified atom stereocenters. The average molecular weight is 303 g/mol. The monoisotopic (exact) mass is 303 g/mol. The third kappa shape index (κ3) is 4.48. The summed E-state index contributed by atoms with van der Waals surface area (Å²) in [6, 6.07) is 7.61. The molecule has 22 heavy (non-hydrogen) atoms. The summed E-state index contributed by atoms with van der Waals surface area (Å²) in [5.74, 6) is 0.00801. The lowest BCUT2D eigenvalue weighted by Gasteiger charge is -2.23. The number of urea groups is 1. The molecule has 0 bridgehead atoms. The standard InChI is InChI=1S/C17H25N3O2/c1-14(21)19(2)13-15-9-5-6-10-16(15)18-17(22)20-11-7-3-4-8-12-20/h5-6,9-10H,3-4,7-8,11-13H2,1-2H3,(H,18,22). The number of para-hydroxylation sites is 1. The first-order valence-electron chi connectivity index (χ1n) is 7.93. The second kappa shape index (κ2) is 7.82. The van der Waals surface area contributed by atoms with E-state index in [1.807, 2.05) is 29.2 Å². The zero-order valence-corrected chi connectivity index (χ0v) is 13.5. The first-order chi connectivity index (χ1) is 10.6. The Kier molecular flexibility index (Phi) is 5.81. The van der Waals surface area contributed by atoms with Crippen molar-refractivity contribution in [3.8, 4) is 0 Å². The maximum atomic E-state index is 12.4. The molecule has 0 spiro atoms. The molecule has 1 N–H and O–H groups in total. The molecule has 1 heterocycles. The van der Waals surface area contributed by atoms with Crippen LogP contribution >= 0.6 is 0 Å². The Morgan fingerprint density at radius 1 is 1.14 bits per heavy atom. The number of carbonyl (C=O) groups excluding carboxylic acids is 2. The summed E-state index contributed by atoms with van der Waals surface area (Å²) in [6.45, 7) is 3.67. The van der Waals surface area contributed by atoms with Crippen molar-refractivity contribution in [1.29, 1.82) is 0 Å². The topological polar surface area (TPSA) is 52.7 Å². The van der Waals surface area contributed by atoms with Crippen LogP contribution in [0.25, 0.3) is 0 Å². The van der Waals surface area contributed by atoms with Crippen LogP contribution in [0.4, 0.5) is 10.5 Å². The van der Waals surface area contributed by atoms with Crippen LogP contribution < -0.4 is 5.32 Å². The van der Waals surface area contributed by atoms with E-state index in [-0.39, 0.29) is 11.9 Å². The Balaban J connectivity index is 2.05. The molecule has 0 aliphatic carbocycles. The lowest BCUT2D eigenvalue weighted by molar-refractivity contribution is -0.128. The maximum absolute atomic E-state index is 12.4. The Labute approximate surface area is 132 Å². The number of anilines is 1. The van der Waals surface area contributed by atoms with Crippen LogP contribution in [0.15, 0.2) is 24.3 Å². The van der Waals surface area contributed by atoms with Crippen molar-refractivity contribution in [2.45, 2.75) is 39.2 Å². The fraction of sp³-hybridized carbons (Fsp3) is 0.529. The summed E-state index contributed by atoms with van der Waals surface area (Å²) >= 11 is 0. The molecule has 1 aliphatic heterocycles. The van der Waals surface area contributed by atoms with Gasteiger partial charge in [0.15, 0.2) is 0 Å². The summed E-state index contributed by atoms with van der Waals surface area (Å²) in [5.41, 5.74) is 1.73. The molecule has 5 heteroatoms. The summed E-state index contributed by atoms with van der Waals surface area (Å²) < 4.78 is 0. The average Bonchev–Trinajstić information content (AvgIpc) is 2.78. The van der Waals surface area contributed by atoms with Gasteiger partial charge in [0, 0.05) is 39.3 Å². The summed E-state index contributed by atoms with van der Waals surface area (Å²) in [7, 11) is 1.76. The van der Waals surface area contributed by atoms with Gasteiger partial charge < -0.3 is 15.1 Å². The van der Waals surface area contributed by atoms with E-state index in [0.717, 1.165) is 37.2 Å². The first-order valence-corrected chi connectivity index (χ1v) is 7.93. The molecule has 120 valence electrons. The molecule has 1 saturated heterocycles. The molecule has 1 aliphatic rings. The minimum absolute atomic E-state index is 0.00801. The van der Waals surface area contributed by atoms with E-state index in [2.05, 4.69) is 5.32 Å². The Hall–Kier alpha value is -2.04. The van der Waals surface area contributed by atoms with Gasteiger partial charge in [-0.15, -0.1) is 0 Å². The van der Waals surface area contributed by atoms with Gasteiger partial charge in [-0.05, 0) is 24.5 Å². The molecule has 1 fully saturated rings. The highest BCUT2D eigenvalue weighted by Gasteiger charge is 2.17. The van der Waals surface area contributed by atoms with Crippen molar-refractivity contribution in [3.63, 3.8) is 0 Å². The van der Waals surface area contributed by atoms with Crippen molar-refractivity contribution in [1.82, 2.24) is 9.80 Å². The van der Waals surface area contributed by atoms with E-state index in [9.17, 15) is 9.59 Å². The van der Waals surface area contributed by atoms with Crippen molar-refractivity contribution >= 4 is 17.6 Å². The lowest BCUT2D eigenvalue weighted by atomic mass is 10.1. The van der Waals surface area contributed by atoms with E-state index in [4.69, 9.17) is 0 Å². The molecule has 0 radical (unpaired) electrons. The van der Waals surface area contributed by atoms with E-state index in [0.29, 0.717) is 6.54 Å². The summed E-state index contributed by atoms with van der Waals surface area (Å²) in [6.07, 6.45) is 4.54. The van der Waals surface area contributed by atoms with Gasteiger partial charge >= 0.3 is 6.03 Å². The molecule has 2 rings (SSSR count). The van der Waals surface area contributed by atoms with Crippen LogP contribution in [0.5, 0.6) is 0 Å². The molecule has 5 nitrogen and oxygen atoms in total. The highest BCUT2D eigenvalue weighted by molar-refractivity contribution is 5.90. The van der Waals surface area contributed by atoms with Crippen molar-refractivity contribution in [3.05, 3.63) is 29.8 Å². The molecule has 0 saturated carbocycles. The van der Waals surface area contributed by atoms with Gasteiger partial charge in [0.05, 0.1) is 0 Å². The van der Waals surface area contributed by atoms with E-state index in [1.165, 1.54) is 12.8 Å². The highest BCUT2D eigenvalue weighted by Crippen LogP contribution is 2.18. The van der Waals surface area contributed by atoms with Crippen molar-refractivity contribution in [2.75, 3.05) is 25.5 Å². The number of benzene rings is 1.